The normalized spacial score (nSPS) is 31.9. The summed E-state index contributed by atoms with van der Waals surface area (Å²) in [5, 5.41) is 0. The average molecular weight is 237 g/mol. The Morgan fingerprint density at radius 1 is 1.08 bits per heavy atom. The molecule has 0 amide bonds. The van der Waals surface area contributed by atoms with Crippen molar-refractivity contribution in [2.24, 2.45) is 11.8 Å². The highest BCUT2D eigenvalue weighted by Gasteiger charge is 2.17. The maximum absolute atomic E-state index is 3.48. The van der Waals surface area contributed by atoms with Crippen LogP contribution in [0.15, 0.2) is 47.0 Å². The maximum atomic E-state index is 3.48. The molecular weight excluding hydrogens is 224 g/mol. The highest BCUT2D eigenvalue weighted by atomic mass is 79.9. The van der Waals surface area contributed by atoms with E-state index in [1.165, 1.54) is 17.3 Å². The Kier molecular flexibility index (Phi) is 2.84. The summed E-state index contributed by atoms with van der Waals surface area (Å²) in [5.74, 6) is 1.40. The highest BCUT2D eigenvalue weighted by Crippen LogP contribution is 2.30. The van der Waals surface area contributed by atoms with Crippen molar-refractivity contribution < 1.29 is 0 Å². The first-order valence-corrected chi connectivity index (χ1v) is 5.53. The van der Waals surface area contributed by atoms with Crippen LogP contribution < -0.4 is 0 Å². The predicted octanol–water partition coefficient (Wildman–Crippen LogP) is 3.97. The van der Waals surface area contributed by atoms with Crippen LogP contribution in [0.5, 0.6) is 0 Å². The van der Waals surface area contributed by atoms with Crippen molar-refractivity contribution in [2.45, 2.75) is 12.8 Å². The van der Waals surface area contributed by atoms with Crippen molar-refractivity contribution in [3.05, 3.63) is 47.0 Å². The molecule has 0 nitrogen and oxygen atoms in total. The van der Waals surface area contributed by atoms with E-state index in [4.69, 9.17) is 0 Å². The summed E-state index contributed by atoms with van der Waals surface area (Å²) in [6, 6.07) is 0. The molecule has 2 aliphatic rings. The Morgan fingerprint density at radius 2 is 1.92 bits per heavy atom. The monoisotopic (exact) mass is 236 g/mol. The van der Waals surface area contributed by atoms with Gasteiger partial charge >= 0.3 is 0 Å². The van der Waals surface area contributed by atoms with Crippen LogP contribution in [0.3, 0.4) is 0 Å². The largest absolute Gasteiger partial charge is 0.0839 e. The topological polar surface area (TPSA) is 0 Å². The van der Waals surface area contributed by atoms with Gasteiger partial charge < -0.3 is 0 Å². The first-order valence-electron chi connectivity index (χ1n) is 4.73. The molecule has 2 rings (SSSR count). The van der Waals surface area contributed by atoms with Gasteiger partial charge in [0.15, 0.2) is 0 Å². The molecule has 0 unspecified atom stereocenters. The fraction of sp³-hybridized carbons (Fsp3) is 0.333. The lowest BCUT2D eigenvalue weighted by Gasteiger charge is -2.23. The molecule has 0 N–H and O–H groups in total. The molecule has 0 saturated carbocycles. The minimum absolute atomic E-state index is 0.697. The minimum atomic E-state index is 0.697. The van der Waals surface area contributed by atoms with Crippen molar-refractivity contribution in [3.8, 4) is 0 Å². The van der Waals surface area contributed by atoms with Crippen LogP contribution in [0, 0.1) is 11.8 Å². The number of halogens is 1. The third-order valence-electron chi connectivity index (χ3n) is 2.65. The van der Waals surface area contributed by atoms with Gasteiger partial charge in [0.1, 0.15) is 0 Å². The van der Waals surface area contributed by atoms with Crippen LogP contribution in [-0.2, 0) is 0 Å². The van der Waals surface area contributed by atoms with Crippen molar-refractivity contribution in [3.63, 3.8) is 0 Å². The van der Waals surface area contributed by atoms with E-state index in [-0.39, 0.29) is 0 Å². The molecule has 0 fully saturated rings. The molecule has 68 valence electrons. The number of hydrogen-bond donors (Lipinski definition) is 0. The SMILES string of the molecule is BrC1=CC[C@@H]([C@H]2C=CC=CC2)C=C1. The van der Waals surface area contributed by atoms with Crippen LogP contribution in [0.4, 0.5) is 0 Å². The van der Waals surface area contributed by atoms with Crippen molar-refractivity contribution in [1.29, 1.82) is 0 Å². The zero-order valence-electron chi connectivity index (χ0n) is 7.49. The van der Waals surface area contributed by atoms with Gasteiger partial charge in [-0.15, -0.1) is 0 Å². The summed E-state index contributed by atoms with van der Waals surface area (Å²) in [6.07, 6.45) is 18.0. The third kappa shape index (κ3) is 2.22. The van der Waals surface area contributed by atoms with Gasteiger partial charge in [-0.1, -0.05) is 58.5 Å². The van der Waals surface area contributed by atoms with Crippen LogP contribution in [0.1, 0.15) is 12.8 Å². The van der Waals surface area contributed by atoms with Gasteiger partial charge in [0.05, 0.1) is 0 Å². The first-order chi connectivity index (χ1) is 6.36. The van der Waals surface area contributed by atoms with Crippen LogP contribution in [0.2, 0.25) is 0 Å². The van der Waals surface area contributed by atoms with E-state index in [1.54, 1.807) is 0 Å². The van der Waals surface area contributed by atoms with Gasteiger partial charge in [0, 0.05) is 4.48 Å². The molecule has 0 aromatic carbocycles. The van der Waals surface area contributed by atoms with Crippen molar-refractivity contribution in [2.75, 3.05) is 0 Å². The molecular formula is C12H13Br. The lowest BCUT2D eigenvalue weighted by molar-refractivity contribution is 0.477. The van der Waals surface area contributed by atoms with E-state index < -0.39 is 0 Å². The van der Waals surface area contributed by atoms with Crippen LogP contribution in [-0.4, -0.2) is 0 Å². The minimum Gasteiger partial charge on any atom is -0.0839 e. The van der Waals surface area contributed by atoms with E-state index in [1.807, 2.05) is 0 Å². The summed E-state index contributed by atoms with van der Waals surface area (Å²) < 4.78 is 1.22. The van der Waals surface area contributed by atoms with Gasteiger partial charge in [0.2, 0.25) is 0 Å². The second-order valence-electron chi connectivity index (χ2n) is 3.56. The first kappa shape index (κ1) is 9.01. The lowest BCUT2D eigenvalue weighted by atomic mass is 9.83. The van der Waals surface area contributed by atoms with E-state index in [0.29, 0.717) is 11.8 Å². The summed E-state index contributed by atoms with van der Waals surface area (Å²) in [6.45, 7) is 0. The summed E-state index contributed by atoms with van der Waals surface area (Å²) >= 11 is 3.48. The van der Waals surface area contributed by atoms with E-state index >= 15 is 0 Å². The fourth-order valence-corrected chi connectivity index (χ4v) is 2.19. The molecule has 1 heteroatoms. The molecule has 0 aromatic heterocycles. The predicted molar refractivity (Wildman–Crippen MR) is 60.6 cm³/mol. The Hall–Kier alpha value is -0.560. The molecule has 2 atom stereocenters. The quantitative estimate of drug-likeness (QED) is 0.647. The maximum Gasteiger partial charge on any atom is 0.0132 e. The Labute approximate surface area is 87.9 Å². The van der Waals surface area contributed by atoms with Crippen molar-refractivity contribution in [1.82, 2.24) is 0 Å². The second kappa shape index (κ2) is 4.10. The number of allylic oxidation sites excluding steroid dienone is 8. The Balaban J connectivity index is 2.00. The molecule has 0 radical (unpaired) electrons. The highest BCUT2D eigenvalue weighted by molar-refractivity contribution is 9.11. The summed E-state index contributed by atoms with van der Waals surface area (Å²) in [5.41, 5.74) is 0. The second-order valence-corrected chi connectivity index (χ2v) is 4.48. The molecule has 0 heterocycles. The van der Waals surface area contributed by atoms with Gasteiger partial charge in [-0.2, -0.15) is 0 Å². The zero-order chi connectivity index (χ0) is 9.10. The molecule has 0 bridgehead atoms. The average Bonchev–Trinajstić information content (AvgIpc) is 2.20. The molecule has 13 heavy (non-hydrogen) atoms. The fourth-order valence-electron chi connectivity index (χ4n) is 1.85. The van der Waals surface area contributed by atoms with Gasteiger partial charge in [0.25, 0.3) is 0 Å². The van der Waals surface area contributed by atoms with E-state index in [9.17, 15) is 0 Å². The molecule has 2 aliphatic carbocycles. The number of rotatable bonds is 1. The van der Waals surface area contributed by atoms with Gasteiger partial charge in [-0.25, -0.2) is 0 Å². The van der Waals surface area contributed by atoms with E-state index in [0.717, 1.165) is 0 Å². The van der Waals surface area contributed by atoms with Gasteiger partial charge in [-0.3, -0.25) is 0 Å². The smallest absolute Gasteiger partial charge is 0.0132 e. The number of hydrogen-bond acceptors (Lipinski definition) is 0. The molecule has 0 aromatic rings. The molecule has 0 saturated heterocycles. The Bertz CT molecular complexity index is 294. The van der Waals surface area contributed by atoms with Crippen LogP contribution >= 0.6 is 15.9 Å². The summed E-state index contributed by atoms with van der Waals surface area (Å²) in [4.78, 5) is 0. The standard InChI is InChI=1S/C12H13Br/c13-12-8-6-11(7-9-12)10-4-2-1-3-5-10/h1-4,6,8-11H,5,7H2/t10-,11-/m0/s1. The lowest BCUT2D eigenvalue weighted by Crippen LogP contribution is -2.11. The van der Waals surface area contributed by atoms with E-state index in [2.05, 4.69) is 58.5 Å². The van der Waals surface area contributed by atoms with Crippen molar-refractivity contribution >= 4 is 15.9 Å². The molecule has 0 spiro atoms. The Morgan fingerprint density at radius 3 is 2.54 bits per heavy atom. The third-order valence-corrected chi connectivity index (χ3v) is 3.24. The molecule has 0 aliphatic heterocycles. The zero-order valence-corrected chi connectivity index (χ0v) is 9.07. The summed E-state index contributed by atoms with van der Waals surface area (Å²) in [7, 11) is 0. The van der Waals surface area contributed by atoms with Crippen LogP contribution in [0.25, 0.3) is 0 Å². The van der Waals surface area contributed by atoms with Gasteiger partial charge in [-0.05, 0) is 24.7 Å².